The molecule has 0 bridgehead atoms. The predicted molar refractivity (Wildman–Crippen MR) is 170 cm³/mol. The summed E-state index contributed by atoms with van der Waals surface area (Å²) in [6.45, 7) is 1.65. The number of aromatic nitrogens is 2. The van der Waals surface area contributed by atoms with Crippen molar-refractivity contribution in [3.63, 3.8) is 0 Å². The quantitative estimate of drug-likeness (QED) is 0.134. The maximum atomic E-state index is 12.7. The Balaban J connectivity index is 1.46. The van der Waals surface area contributed by atoms with Crippen LogP contribution in [0.4, 0.5) is 0 Å². The zero-order valence-corrected chi connectivity index (χ0v) is 25.2. The highest BCUT2D eigenvalue weighted by molar-refractivity contribution is 9.10. The number of carbonyl (C=O) groups excluding carboxylic acids is 1. The lowest BCUT2D eigenvalue weighted by Gasteiger charge is -2.15. The van der Waals surface area contributed by atoms with Crippen molar-refractivity contribution in [2.75, 3.05) is 13.7 Å². The molecule has 43 heavy (non-hydrogen) atoms. The molecule has 0 atom stereocenters. The minimum absolute atomic E-state index is 0.0825. The second-order valence-electron chi connectivity index (χ2n) is 9.61. The molecule has 0 saturated heterocycles. The Morgan fingerprint density at radius 3 is 2.35 bits per heavy atom. The summed E-state index contributed by atoms with van der Waals surface area (Å²) >= 11 is 3.54. The zero-order valence-electron chi connectivity index (χ0n) is 23.6. The summed E-state index contributed by atoms with van der Waals surface area (Å²) in [5.74, 6) is -0.409. The topological polar surface area (TPSA) is 102 Å². The number of methoxy groups -OCH3 is 1. The molecule has 214 valence electrons. The Kier molecular flexibility index (Phi) is 9.42. The van der Waals surface area contributed by atoms with Crippen LogP contribution in [0.25, 0.3) is 28.2 Å². The van der Waals surface area contributed by atoms with Crippen LogP contribution in [-0.4, -0.2) is 35.4 Å². The molecule has 0 aliphatic rings. The monoisotopic (exact) mass is 633 g/mol. The lowest BCUT2D eigenvalue weighted by atomic mass is 10.1. The fraction of sp³-hybridized carbons (Fsp3) is 0.118. The molecule has 0 spiro atoms. The van der Waals surface area contributed by atoms with Gasteiger partial charge < -0.3 is 14.0 Å². The summed E-state index contributed by atoms with van der Waals surface area (Å²) < 4.78 is 14.0. The number of benzene rings is 3. The van der Waals surface area contributed by atoms with Crippen molar-refractivity contribution in [1.82, 2.24) is 15.0 Å². The van der Waals surface area contributed by atoms with Crippen molar-refractivity contribution in [3.8, 4) is 40.2 Å². The van der Waals surface area contributed by atoms with Gasteiger partial charge in [0.25, 0.3) is 5.91 Å². The fourth-order valence-electron chi connectivity index (χ4n) is 4.74. The number of hydrazone groups is 1. The van der Waals surface area contributed by atoms with Gasteiger partial charge in [0.2, 0.25) is 5.88 Å². The van der Waals surface area contributed by atoms with Gasteiger partial charge in [-0.2, -0.15) is 10.4 Å². The van der Waals surface area contributed by atoms with Gasteiger partial charge in [-0.25, -0.2) is 10.4 Å². The second-order valence-corrected chi connectivity index (χ2v) is 10.5. The Hall–Kier alpha value is -5.04. The van der Waals surface area contributed by atoms with Gasteiger partial charge in [0.15, 0.2) is 6.61 Å². The number of nitriles is 1. The fourth-order valence-corrected chi connectivity index (χ4v) is 5.01. The number of nitrogens with one attached hydrogen (secondary N) is 1. The van der Waals surface area contributed by atoms with Crippen molar-refractivity contribution >= 4 is 28.1 Å². The van der Waals surface area contributed by atoms with Crippen LogP contribution in [-0.2, 0) is 16.1 Å². The van der Waals surface area contributed by atoms with Gasteiger partial charge in [0.1, 0.15) is 11.6 Å². The number of amides is 1. The summed E-state index contributed by atoms with van der Waals surface area (Å²) in [7, 11) is 1.54. The standard InChI is InChI=1S/C34H28BrN5O3/c1-23-17-27(21-42-2)30(19-36)34(38-23)43-22-32(41)39-37-20-26-18-31(24-9-5-3-6-10-24)40(29-15-13-28(35)14-16-29)33(26)25-11-7-4-8-12-25/h3-18,20H,21-22H2,1-2H3,(H,39,41)/b37-20+. The number of nitrogens with zero attached hydrogens (tertiary/aromatic N) is 4. The van der Waals surface area contributed by atoms with Gasteiger partial charge in [-0.3, -0.25) is 4.79 Å². The summed E-state index contributed by atoms with van der Waals surface area (Å²) in [5, 5.41) is 13.9. The normalized spacial score (nSPS) is 10.9. The van der Waals surface area contributed by atoms with E-state index in [1.807, 2.05) is 60.7 Å². The first-order chi connectivity index (χ1) is 21.0. The Morgan fingerprint density at radius 2 is 1.70 bits per heavy atom. The van der Waals surface area contributed by atoms with Crippen LogP contribution in [0.3, 0.4) is 0 Å². The van der Waals surface area contributed by atoms with Gasteiger partial charge in [-0.15, -0.1) is 0 Å². The largest absolute Gasteiger partial charge is 0.467 e. The number of ether oxygens (including phenoxy) is 2. The summed E-state index contributed by atoms with van der Waals surface area (Å²) in [6, 6.07) is 34.2. The van der Waals surface area contributed by atoms with E-state index in [1.54, 1.807) is 26.3 Å². The van der Waals surface area contributed by atoms with Gasteiger partial charge in [-0.1, -0.05) is 76.6 Å². The average Bonchev–Trinajstić information content (AvgIpc) is 3.40. The van der Waals surface area contributed by atoms with Gasteiger partial charge in [0.05, 0.1) is 24.2 Å². The molecule has 0 aliphatic carbocycles. The Bertz CT molecular complexity index is 1790. The van der Waals surface area contributed by atoms with Crippen LogP contribution < -0.4 is 10.2 Å². The molecule has 0 unspecified atom stereocenters. The maximum absolute atomic E-state index is 12.7. The highest BCUT2D eigenvalue weighted by Crippen LogP contribution is 2.35. The van der Waals surface area contributed by atoms with E-state index >= 15 is 0 Å². The van der Waals surface area contributed by atoms with E-state index in [2.05, 4.69) is 72.4 Å². The van der Waals surface area contributed by atoms with E-state index in [-0.39, 0.29) is 24.7 Å². The Labute approximate surface area is 258 Å². The molecule has 0 aliphatic heterocycles. The van der Waals surface area contributed by atoms with E-state index in [4.69, 9.17) is 9.47 Å². The van der Waals surface area contributed by atoms with E-state index in [0.29, 0.717) is 11.3 Å². The minimum Gasteiger partial charge on any atom is -0.467 e. The van der Waals surface area contributed by atoms with Crippen LogP contribution in [0.15, 0.2) is 107 Å². The Morgan fingerprint density at radius 1 is 1.02 bits per heavy atom. The average molecular weight is 635 g/mol. The van der Waals surface area contributed by atoms with Gasteiger partial charge in [0, 0.05) is 34.1 Å². The van der Waals surface area contributed by atoms with Crippen LogP contribution in [0, 0.1) is 18.3 Å². The van der Waals surface area contributed by atoms with Crippen LogP contribution >= 0.6 is 15.9 Å². The number of rotatable bonds is 10. The predicted octanol–water partition coefficient (Wildman–Crippen LogP) is 6.82. The van der Waals surface area contributed by atoms with E-state index in [9.17, 15) is 10.1 Å². The SMILES string of the molecule is COCc1cc(C)nc(OCC(=O)N/N=C/c2cc(-c3ccccc3)n(-c3ccc(Br)cc3)c2-c2ccccc2)c1C#N. The number of hydrogen-bond acceptors (Lipinski definition) is 6. The lowest BCUT2D eigenvalue weighted by Crippen LogP contribution is -2.25. The van der Waals surface area contributed by atoms with Crippen LogP contribution in [0.5, 0.6) is 5.88 Å². The van der Waals surface area contributed by atoms with Crippen molar-refractivity contribution in [2.24, 2.45) is 5.10 Å². The van der Waals surface area contributed by atoms with E-state index in [1.165, 1.54) is 0 Å². The highest BCUT2D eigenvalue weighted by atomic mass is 79.9. The molecule has 1 N–H and O–H groups in total. The summed E-state index contributed by atoms with van der Waals surface area (Å²) in [5.41, 5.74) is 9.77. The van der Waals surface area contributed by atoms with Gasteiger partial charge in [-0.05, 0) is 54.4 Å². The molecule has 0 saturated carbocycles. The molecule has 9 heteroatoms. The summed E-state index contributed by atoms with van der Waals surface area (Å²) in [4.78, 5) is 17.0. The molecule has 2 heterocycles. The van der Waals surface area contributed by atoms with Crippen molar-refractivity contribution in [1.29, 1.82) is 5.26 Å². The highest BCUT2D eigenvalue weighted by Gasteiger charge is 2.19. The third-order valence-electron chi connectivity index (χ3n) is 6.57. The minimum atomic E-state index is -0.492. The molecule has 1 amide bonds. The molecular formula is C34H28BrN5O3. The van der Waals surface area contributed by atoms with E-state index < -0.39 is 5.91 Å². The smallest absolute Gasteiger partial charge is 0.278 e. The lowest BCUT2D eigenvalue weighted by molar-refractivity contribution is -0.123. The molecular weight excluding hydrogens is 606 g/mol. The van der Waals surface area contributed by atoms with Crippen molar-refractivity contribution in [3.05, 3.63) is 124 Å². The summed E-state index contributed by atoms with van der Waals surface area (Å²) in [6.07, 6.45) is 1.63. The first-order valence-corrected chi connectivity index (χ1v) is 14.2. The molecule has 5 rings (SSSR count). The van der Waals surface area contributed by atoms with Crippen LogP contribution in [0.1, 0.15) is 22.4 Å². The molecule has 2 aromatic heterocycles. The second kappa shape index (κ2) is 13.7. The molecule has 3 aromatic carbocycles. The number of halogens is 1. The first kappa shape index (κ1) is 29.5. The number of hydrogen-bond donors (Lipinski definition) is 1. The molecule has 0 radical (unpaired) electrons. The maximum Gasteiger partial charge on any atom is 0.278 e. The third kappa shape index (κ3) is 6.89. The number of carbonyl (C=O) groups is 1. The van der Waals surface area contributed by atoms with Crippen LogP contribution in [0.2, 0.25) is 0 Å². The molecule has 5 aromatic rings. The number of pyridine rings is 1. The third-order valence-corrected chi connectivity index (χ3v) is 7.10. The van der Waals surface area contributed by atoms with Crippen molar-refractivity contribution in [2.45, 2.75) is 13.5 Å². The van der Waals surface area contributed by atoms with Gasteiger partial charge >= 0.3 is 0 Å². The molecule has 8 nitrogen and oxygen atoms in total. The first-order valence-electron chi connectivity index (χ1n) is 13.4. The molecule has 0 fully saturated rings. The van der Waals surface area contributed by atoms with E-state index in [0.717, 1.165) is 38.2 Å². The zero-order chi connectivity index (χ0) is 30.2. The number of aryl methyl sites for hydroxylation is 1. The van der Waals surface area contributed by atoms with Crippen molar-refractivity contribution < 1.29 is 14.3 Å².